The Morgan fingerprint density at radius 1 is 1.38 bits per heavy atom. The number of aliphatic hydroxyl groups excluding tert-OH is 1. The van der Waals surface area contributed by atoms with Gasteiger partial charge in [0, 0.05) is 6.61 Å². The van der Waals surface area contributed by atoms with E-state index in [9.17, 15) is 0 Å². The molecule has 0 fully saturated rings. The fourth-order valence-corrected chi connectivity index (χ4v) is 1.57. The number of ether oxygens (including phenoxy) is 1. The van der Waals surface area contributed by atoms with Crippen molar-refractivity contribution in [3.8, 4) is 5.75 Å². The monoisotopic (exact) mass is 223 g/mol. The first-order valence-corrected chi connectivity index (χ1v) is 5.72. The van der Waals surface area contributed by atoms with Crippen LogP contribution in [0.2, 0.25) is 0 Å². The molecule has 0 aromatic heterocycles. The van der Waals surface area contributed by atoms with E-state index in [4.69, 9.17) is 15.6 Å². The van der Waals surface area contributed by atoms with Crippen molar-refractivity contribution in [2.75, 3.05) is 13.2 Å². The van der Waals surface area contributed by atoms with Gasteiger partial charge in [-0.25, -0.2) is 0 Å². The third kappa shape index (κ3) is 4.21. The van der Waals surface area contributed by atoms with E-state index in [1.54, 1.807) is 0 Å². The number of rotatable bonds is 6. The second-order valence-corrected chi connectivity index (χ2v) is 4.30. The summed E-state index contributed by atoms with van der Waals surface area (Å²) in [4.78, 5) is 0. The first kappa shape index (κ1) is 13.0. The molecule has 1 atom stereocenters. The van der Waals surface area contributed by atoms with Gasteiger partial charge in [-0.3, -0.25) is 0 Å². The molecule has 0 radical (unpaired) electrons. The van der Waals surface area contributed by atoms with E-state index in [0.717, 1.165) is 17.7 Å². The van der Waals surface area contributed by atoms with Crippen molar-refractivity contribution in [3.05, 3.63) is 29.8 Å². The highest BCUT2D eigenvalue weighted by atomic mass is 16.5. The van der Waals surface area contributed by atoms with Crippen LogP contribution >= 0.6 is 0 Å². The van der Waals surface area contributed by atoms with Gasteiger partial charge in [-0.2, -0.15) is 0 Å². The molecule has 0 saturated heterocycles. The summed E-state index contributed by atoms with van der Waals surface area (Å²) >= 11 is 0. The molecule has 3 nitrogen and oxygen atoms in total. The lowest BCUT2D eigenvalue weighted by molar-refractivity contribution is 0.228. The van der Waals surface area contributed by atoms with Gasteiger partial charge in [0.1, 0.15) is 5.75 Å². The van der Waals surface area contributed by atoms with Gasteiger partial charge >= 0.3 is 0 Å². The highest BCUT2D eigenvalue weighted by Crippen LogP contribution is 2.17. The fourth-order valence-electron chi connectivity index (χ4n) is 1.57. The summed E-state index contributed by atoms with van der Waals surface area (Å²) in [5.41, 5.74) is 6.71. The van der Waals surface area contributed by atoms with E-state index >= 15 is 0 Å². The smallest absolute Gasteiger partial charge is 0.119 e. The molecule has 0 heterocycles. The van der Waals surface area contributed by atoms with E-state index in [-0.39, 0.29) is 18.6 Å². The molecule has 16 heavy (non-hydrogen) atoms. The van der Waals surface area contributed by atoms with Crippen LogP contribution in [-0.2, 0) is 6.42 Å². The van der Waals surface area contributed by atoms with E-state index in [1.165, 1.54) is 0 Å². The Kier molecular flexibility index (Phi) is 5.29. The second-order valence-electron chi connectivity index (χ2n) is 4.30. The van der Waals surface area contributed by atoms with Gasteiger partial charge in [0.25, 0.3) is 0 Å². The first-order chi connectivity index (χ1) is 7.65. The summed E-state index contributed by atoms with van der Waals surface area (Å²) in [5, 5.41) is 9.09. The number of aliphatic hydroxyl groups is 1. The molecule has 90 valence electrons. The molecule has 3 N–H and O–H groups in total. The lowest BCUT2D eigenvalue weighted by atomic mass is 10.0. The number of benzene rings is 1. The maximum absolute atomic E-state index is 9.09. The molecule has 0 saturated carbocycles. The lowest BCUT2D eigenvalue weighted by Gasteiger charge is -2.14. The van der Waals surface area contributed by atoms with Crippen molar-refractivity contribution >= 4 is 0 Å². The summed E-state index contributed by atoms with van der Waals surface area (Å²) in [6.45, 7) is 4.64. The molecule has 1 unspecified atom stereocenters. The Bertz CT molecular complexity index is 309. The highest BCUT2D eigenvalue weighted by Gasteiger charge is 2.07. The van der Waals surface area contributed by atoms with E-state index in [0.29, 0.717) is 6.54 Å². The third-order valence-electron chi connectivity index (χ3n) is 2.39. The second kappa shape index (κ2) is 6.51. The minimum Gasteiger partial charge on any atom is -0.491 e. The van der Waals surface area contributed by atoms with Crippen LogP contribution in [0.4, 0.5) is 0 Å². The van der Waals surface area contributed by atoms with Gasteiger partial charge in [0.05, 0.1) is 6.10 Å². The molecule has 1 rings (SSSR count). The standard InChI is InChI=1S/C13H21NO2/c1-10(2)16-13-5-3-4-11(7-13)6-12(8-14)9-15/h3-5,7,10,12,15H,6,8-9,14H2,1-2H3. The normalized spacial score (nSPS) is 12.8. The van der Waals surface area contributed by atoms with Crippen LogP contribution in [0.1, 0.15) is 19.4 Å². The van der Waals surface area contributed by atoms with Crippen molar-refractivity contribution in [1.29, 1.82) is 0 Å². The van der Waals surface area contributed by atoms with E-state index in [1.807, 2.05) is 38.1 Å². The minimum absolute atomic E-state index is 0.131. The first-order valence-electron chi connectivity index (χ1n) is 5.72. The predicted molar refractivity (Wildman–Crippen MR) is 65.5 cm³/mol. The third-order valence-corrected chi connectivity index (χ3v) is 2.39. The summed E-state index contributed by atoms with van der Waals surface area (Å²) in [6, 6.07) is 7.96. The van der Waals surface area contributed by atoms with Crippen LogP contribution in [0.25, 0.3) is 0 Å². The molecule has 0 aliphatic heterocycles. The molecule has 3 heteroatoms. The van der Waals surface area contributed by atoms with Gasteiger partial charge in [0.2, 0.25) is 0 Å². The van der Waals surface area contributed by atoms with Crippen molar-refractivity contribution in [2.24, 2.45) is 11.7 Å². The van der Waals surface area contributed by atoms with Crippen LogP contribution in [0.3, 0.4) is 0 Å². The quantitative estimate of drug-likeness (QED) is 0.770. The lowest BCUT2D eigenvalue weighted by Crippen LogP contribution is -2.20. The number of nitrogens with two attached hydrogens (primary N) is 1. The van der Waals surface area contributed by atoms with Gasteiger partial charge in [-0.1, -0.05) is 12.1 Å². The van der Waals surface area contributed by atoms with Gasteiger partial charge in [0.15, 0.2) is 0 Å². The summed E-state index contributed by atoms with van der Waals surface area (Å²) < 4.78 is 5.61. The largest absolute Gasteiger partial charge is 0.491 e. The molecule has 0 aliphatic rings. The molecule has 0 aliphatic carbocycles. The zero-order valence-electron chi connectivity index (χ0n) is 10.0. The van der Waals surface area contributed by atoms with Crippen LogP contribution < -0.4 is 10.5 Å². The highest BCUT2D eigenvalue weighted by molar-refractivity contribution is 5.29. The Hall–Kier alpha value is -1.06. The molecule has 0 amide bonds. The van der Waals surface area contributed by atoms with Crippen molar-refractivity contribution in [2.45, 2.75) is 26.4 Å². The maximum atomic E-state index is 9.09. The molecular weight excluding hydrogens is 202 g/mol. The predicted octanol–water partition coefficient (Wildman–Crippen LogP) is 1.58. The zero-order chi connectivity index (χ0) is 12.0. The van der Waals surface area contributed by atoms with Crippen molar-refractivity contribution < 1.29 is 9.84 Å². The van der Waals surface area contributed by atoms with Crippen LogP contribution in [0.5, 0.6) is 5.75 Å². The summed E-state index contributed by atoms with van der Waals surface area (Å²) in [6.07, 6.45) is 0.973. The molecular formula is C13H21NO2. The number of hydrogen-bond acceptors (Lipinski definition) is 3. The number of hydrogen-bond donors (Lipinski definition) is 2. The zero-order valence-corrected chi connectivity index (χ0v) is 10.0. The summed E-state index contributed by atoms with van der Waals surface area (Å²) in [5.74, 6) is 1.01. The van der Waals surface area contributed by atoms with E-state index in [2.05, 4.69) is 0 Å². The van der Waals surface area contributed by atoms with Gasteiger partial charge < -0.3 is 15.6 Å². The van der Waals surface area contributed by atoms with Gasteiger partial charge in [-0.15, -0.1) is 0 Å². The Balaban J connectivity index is 2.66. The average molecular weight is 223 g/mol. The van der Waals surface area contributed by atoms with Crippen molar-refractivity contribution in [3.63, 3.8) is 0 Å². The SMILES string of the molecule is CC(C)Oc1cccc(CC(CN)CO)c1. The van der Waals surface area contributed by atoms with Gasteiger partial charge in [-0.05, 0) is 50.4 Å². The fraction of sp³-hybridized carbons (Fsp3) is 0.538. The Labute approximate surface area is 97.2 Å². The van der Waals surface area contributed by atoms with E-state index < -0.39 is 0 Å². The topological polar surface area (TPSA) is 55.5 Å². The molecule has 0 spiro atoms. The van der Waals surface area contributed by atoms with Crippen LogP contribution in [0, 0.1) is 5.92 Å². The molecule has 1 aromatic rings. The van der Waals surface area contributed by atoms with Crippen molar-refractivity contribution in [1.82, 2.24) is 0 Å². The average Bonchev–Trinajstić information content (AvgIpc) is 2.25. The molecule has 1 aromatic carbocycles. The minimum atomic E-state index is 0.131. The van der Waals surface area contributed by atoms with Crippen LogP contribution in [-0.4, -0.2) is 24.4 Å². The Morgan fingerprint density at radius 3 is 2.69 bits per heavy atom. The molecule has 0 bridgehead atoms. The summed E-state index contributed by atoms with van der Waals surface area (Å²) in [7, 11) is 0. The maximum Gasteiger partial charge on any atom is 0.119 e. The van der Waals surface area contributed by atoms with Crippen LogP contribution in [0.15, 0.2) is 24.3 Å². The Morgan fingerprint density at radius 2 is 2.12 bits per heavy atom.